The lowest BCUT2D eigenvalue weighted by Gasteiger charge is -2.39. The minimum absolute atomic E-state index is 0.0746. The Morgan fingerprint density at radius 1 is 1.12 bits per heavy atom. The van der Waals surface area contributed by atoms with E-state index in [1.807, 2.05) is 32.2 Å². The van der Waals surface area contributed by atoms with Gasteiger partial charge >= 0.3 is 12.0 Å². The number of methoxy groups -OCH3 is 1. The van der Waals surface area contributed by atoms with Gasteiger partial charge in [-0.05, 0) is 81.4 Å². The molecule has 3 fully saturated rings. The predicted molar refractivity (Wildman–Crippen MR) is 252 cm³/mol. The van der Waals surface area contributed by atoms with E-state index in [9.17, 15) is 24.0 Å². The minimum atomic E-state index is -1.08. The van der Waals surface area contributed by atoms with Crippen molar-refractivity contribution in [2.75, 3.05) is 40.4 Å². The Morgan fingerprint density at radius 3 is 2.61 bits per heavy atom. The molecule has 6 heterocycles. The molecule has 8 rings (SSSR count). The topological polar surface area (TPSA) is 172 Å². The van der Waals surface area contributed by atoms with E-state index in [4.69, 9.17) is 19.4 Å². The zero-order valence-electron chi connectivity index (χ0n) is 39.3. The highest BCUT2D eigenvalue weighted by molar-refractivity contribution is 7.10. The van der Waals surface area contributed by atoms with Crippen LogP contribution in [0.4, 0.5) is 4.79 Å². The van der Waals surface area contributed by atoms with Gasteiger partial charge in [-0.2, -0.15) is 0 Å². The average molecular weight is 922 g/mol. The molecule has 1 saturated carbocycles. The fourth-order valence-corrected chi connectivity index (χ4v) is 10.9. The van der Waals surface area contributed by atoms with E-state index >= 15 is 0 Å². The predicted octanol–water partition coefficient (Wildman–Crippen LogP) is 5.75. The number of ether oxygens (including phenoxy) is 2. The van der Waals surface area contributed by atoms with E-state index in [0.717, 1.165) is 44.7 Å². The van der Waals surface area contributed by atoms with Crippen LogP contribution >= 0.6 is 11.3 Å². The number of esters is 1. The number of urea groups is 1. The summed E-state index contributed by atoms with van der Waals surface area (Å²) in [4.78, 5) is 84.4. The van der Waals surface area contributed by atoms with Crippen molar-refractivity contribution < 1.29 is 33.4 Å². The largest absolute Gasteiger partial charge is 0.464 e. The number of nitrogens with zero attached hydrogens (tertiary/aromatic N) is 7. The van der Waals surface area contributed by atoms with E-state index in [-0.39, 0.29) is 49.1 Å². The van der Waals surface area contributed by atoms with Crippen LogP contribution in [0.25, 0.3) is 33.4 Å². The van der Waals surface area contributed by atoms with Gasteiger partial charge in [0.25, 0.3) is 5.91 Å². The lowest BCUT2D eigenvalue weighted by Crippen LogP contribution is -2.63. The molecule has 3 aromatic heterocycles. The molecule has 1 aliphatic carbocycles. The van der Waals surface area contributed by atoms with Gasteiger partial charge in [-0.25, -0.2) is 15.2 Å². The van der Waals surface area contributed by atoms with Crippen molar-refractivity contribution in [1.29, 1.82) is 0 Å². The maximum Gasteiger partial charge on any atom is 0.324 e. The molecule has 17 heteroatoms. The maximum absolute atomic E-state index is 14.7. The third-order valence-corrected chi connectivity index (χ3v) is 14.5. The van der Waals surface area contributed by atoms with E-state index < -0.39 is 41.3 Å². The average Bonchev–Trinajstić information content (AvgIpc) is 3.89. The maximum atomic E-state index is 14.7. The van der Waals surface area contributed by atoms with Crippen LogP contribution in [-0.2, 0) is 48.0 Å². The monoisotopic (exact) mass is 921 g/mol. The second-order valence-corrected chi connectivity index (χ2v) is 20.1. The number of likely N-dealkylation sites (N-methyl/N-ethyl adjacent to an activating group) is 1. The van der Waals surface area contributed by atoms with Crippen LogP contribution in [0.15, 0.2) is 54.6 Å². The second kappa shape index (κ2) is 18.9. The van der Waals surface area contributed by atoms with E-state index in [0.29, 0.717) is 56.9 Å². The van der Waals surface area contributed by atoms with Crippen molar-refractivity contribution in [3.8, 4) is 22.5 Å². The van der Waals surface area contributed by atoms with Gasteiger partial charge in [0.15, 0.2) is 0 Å². The summed E-state index contributed by atoms with van der Waals surface area (Å²) in [6.07, 6.45) is 5.16. The number of pyridine rings is 1. The lowest BCUT2D eigenvalue weighted by molar-refractivity contribution is -0.155. The molecule has 4 aliphatic rings. The first-order valence-electron chi connectivity index (χ1n) is 23.1. The first-order valence-corrected chi connectivity index (χ1v) is 24.0. The number of amides is 5. The number of piperazine rings is 1. The summed E-state index contributed by atoms with van der Waals surface area (Å²) in [5.41, 5.74) is 9.27. The zero-order valence-corrected chi connectivity index (χ0v) is 40.2. The summed E-state index contributed by atoms with van der Waals surface area (Å²) in [6, 6.07) is 7.11. The summed E-state index contributed by atoms with van der Waals surface area (Å²) in [5, 5.41) is 8.12. The van der Waals surface area contributed by atoms with E-state index in [2.05, 4.69) is 66.9 Å². The van der Waals surface area contributed by atoms with Crippen LogP contribution in [0.5, 0.6) is 0 Å². The third-order valence-electron chi connectivity index (χ3n) is 13.6. The van der Waals surface area contributed by atoms with Crippen molar-refractivity contribution in [3.63, 3.8) is 0 Å². The third kappa shape index (κ3) is 9.08. The van der Waals surface area contributed by atoms with Crippen molar-refractivity contribution in [1.82, 2.24) is 45.0 Å². The smallest absolute Gasteiger partial charge is 0.324 e. The molecule has 16 nitrogen and oxygen atoms in total. The van der Waals surface area contributed by atoms with Gasteiger partial charge in [0, 0.05) is 85.8 Å². The summed E-state index contributed by atoms with van der Waals surface area (Å²) in [5.74, 6) is -1.82. The first kappa shape index (κ1) is 46.9. The molecule has 6 bridgehead atoms. The van der Waals surface area contributed by atoms with Crippen molar-refractivity contribution >= 4 is 52.0 Å². The Kier molecular flexibility index (Phi) is 13.4. The first-order chi connectivity index (χ1) is 31.5. The molecular formula is C49H63N9O7S. The van der Waals surface area contributed by atoms with Crippen molar-refractivity contribution in [3.05, 3.63) is 70.8 Å². The Hall–Kier alpha value is -5.65. The van der Waals surface area contributed by atoms with E-state index in [1.54, 1.807) is 30.2 Å². The number of hydrogen-bond acceptors (Lipinski definition) is 11. The summed E-state index contributed by atoms with van der Waals surface area (Å²) < 4.78 is 14.2. The standard InChI is InChI=1S/C49H63N9O7S/c1-10-41(59)56-20-21-57(39-24-38(39)56)48(63)54(8)43(28(3)4)45(60)52-35-23-40-51-36(26-66-40)30-16-17-37-32(22-30)33(44(55(37)11-2)31-14-12-18-50-42(31)29(5)64-9)25-49(6,7)27-65-47(62)34-15-13-19-58(53-34)46(35)61/h10,12,14,16-18,22,26,28-29,34-35,38-39,43,53H,1,11,13,15,19-21,23-25,27H2,2-9H3,(H,52,60)/t29-,34-,35-,38-,39+,43?/m0/s1. The Balaban J connectivity index is 1.14. The van der Waals surface area contributed by atoms with Crippen molar-refractivity contribution in [2.45, 2.75) is 117 Å². The normalized spacial score (nSPS) is 22.8. The molecule has 5 amide bonds. The number of hydrazine groups is 1. The number of carbonyl (C=O) groups is 5. The number of thiazole rings is 1. The highest BCUT2D eigenvalue weighted by Crippen LogP contribution is 2.42. The molecule has 0 radical (unpaired) electrons. The number of nitrogens with one attached hydrogen (secondary N) is 2. The number of rotatable bonds is 9. The SMILES string of the molecule is C=CC(=O)N1CCN(C(=O)N(C)C(C(=O)N[C@H]2Cc3nc(cs3)-c3ccc4c(c3)c(c(-c3cccnc3[C@H](C)OC)n4CC)CC(C)(C)COC(=O)[C@@H]3CCCN(N3)C2=O)C(C)C)[C@@H]2C[C@@H]21. The molecule has 3 aliphatic heterocycles. The number of cyclic esters (lactones) is 1. The molecule has 0 spiro atoms. The Bertz CT molecular complexity index is 2530. The summed E-state index contributed by atoms with van der Waals surface area (Å²) in [7, 11) is 3.30. The highest BCUT2D eigenvalue weighted by Gasteiger charge is 2.53. The van der Waals surface area contributed by atoms with Crippen LogP contribution in [0.2, 0.25) is 0 Å². The molecule has 2 N–H and O–H groups in total. The van der Waals surface area contributed by atoms with Gasteiger partial charge in [-0.3, -0.25) is 29.2 Å². The van der Waals surface area contributed by atoms with Crippen LogP contribution < -0.4 is 10.7 Å². The van der Waals surface area contributed by atoms with Gasteiger partial charge in [0.1, 0.15) is 18.1 Å². The number of carbonyl (C=O) groups excluding carboxylic acids is 5. The quantitative estimate of drug-likeness (QED) is 0.156. The molecule has 1 unspecified atom stereocenters. The fraction of sp³-hybridized carbons (Fsp3) is 0.531. The molecule has 66 heavy (non-hydrogen) atoms. The summed E-state index contributed by atoms with van der Waals surface area (Å²) >= 11 is 1.41. The number of fused-ring (bicyclic) bond motifs is 7. The van der Waals surface area contributed by atoms with Crippen molar-refractivity contribution in [2.24, 2.45) is 11.3 Å². The van der Waals surface area contributed by atoms with Gasteiger partial charge in [-0.1, -0.05) is 40.3 Å². The number of hydrogen-bond donors (Lipinski definition) is 2. The van der Waals surface area contributed by atoms with E-state index in [1.165, 1.54) is 27.3 Å². The number of benzene rings is 1. The molecule has 352 valence electrons. The number of aromatic nitrogens is 3. The second-order valence-electron chi connectivity index (χ2n) is 19.2. The molecule has 2 saturated heterocycles. The minimum Gasteiger partial charge on any atom is -0.464 e. The number of aryl methyl sites for hydroxylation is 1. The fourth-order valence-electron chi connectivity index (χ4n) is 10.1. The molecule has 6 atom stereocenters. The zero-order chi connectivity index (χ0) is 47.2. The van der Waals surface area contributed by atoms with Gasteiger partial charge < -0.3 is 34.1 Å². The molecule has 4 aromatic rings. The van der Waals surface area contributed by atoms with Crippen LogP contribution in [-0.4, -0.2) is 135 Å². The summed E-state index contributed by atoms with van der Waals surface area (Å²) in [6.45, 7) is 17.5. The lowest BCUT2D eigenvalue weighted by atomic mass is 9.84. The van der Waals surface area contributed by atoms with Gasteiger partial charge in [0.05, 0.1) is 46.9 Å². The molecule has 1 aromatic carbocycles. The molecular weight excluding hydrogens is 859 g/mol. The van der Waals surface area contributed by atoms with Crippen LogP contribution in [0.3, 0.4) is 0 Å². The Morgan fingerprint density at radius 2 is 1.88 bits per heavy atom. The van der Waals surface area contributed by atoms with Crippen LogP contribution in [0.1, 0.15) is 83.2 Å². The Labute approximate surface area is 390 Å². The highest BCUT2D eigenvalue weighted by atomic mass is 32.1. The van der Waals surface area contributed by atoms with Gasteiger partial charge in [0.2, 0.25) is 11.8 Å². The van der Waals surface area contributed by atoms with Gasteiger partial charge in [-0.15, -0.1) is 11.3 Å². The van der Waals surface area contributed by atoms with Crippen LogP contribution in [0, 0.1) is 11.3 Å².